The lowest BCUT2D eigenvalue weighted by atomic mass is 9.91. The van der Waals surface area contributed by atoms with Crippen molar-refractivity contribution in [2.24, 2.45) is 0 Å². The van der Waals surface area contributed by atoms with Crippen LogP contribution in [0.3, 0.4) is 0 Å². The molecule has 0 atom stereocenters. The van der Waals surface area contributed by atoms with Gasteiger partial charge in [-0.25, -0.2) is 4.90 Å². The van der Waals surface area contributed by atoms with Gasteiger partial charge < -0.3 is 0 Å². The van der Waals surface area contributed by atoms with Gasteiger partial charge in [0.05, 0.1) is 5.69 Å². The first-order chi connectivity index (χ1) is 12.6. The van der Waals surface area contributed by atoms with Crippen LogP contribution in [-0.2, 0) is 12.8 Å². The molecule has 3 aromatic carbocycles. The van der Waals surface area contributed by atoms with Crippen LogP contribution in [0.15, 0.2) is 48.5 Å². The zero-order valence-corrected chi connectivity index (χ0v) is 14.2. The number of nitrogens with zero attached hydrogens (tertiary/aromatic N) is 1. The van der Waals surface area contributed by atoms with Crippen LogP contribution in [-0.4, -0.2) is 17.6 Å². The predicted octanol–water partition coefficient (Wildman–Crippen LogP) is 3.94. The summed E-state index contributed by atoms with van der Waals surface area (Å²) in [6, 6.07) is 14.3. The van der Waals surface area contributed by atoms with E-state index in [1.807, 2.05) is 24.3 Å². The van der Waals surface area contributed by atoms with E-state index in [2.05, 4.69) is 0 Å². The molecule has 0 bridgehead atoms. The Morgan fingerprint density at radius 3 is 1.81 bits per heavy atom. The van der Waals surface area contributed by atoms with E-state index in [-0.39, 0.29) is 17.6 Å². The Bertz CT molecular complexity index is 1080. The highest BCUT2D eigenvalue weighted by Gasteiger charge is 2.35. The smallest absolute Gasteiger partial charge is 0.265 e. The second-order valence-corrected chi connectivity index (χ2v) is 6.84. The average molecular weight is 341 g/mol. The van der Waals surface area contributed by atoms with E-state index >= 15 is 0 Å². The third-order valence-corrected chi connectivity index (χ3v) is 5.40. The highest BCUT2D eigenvalue weighted by Crippen LogP contribution is 2.39. The summed E-state index contributed by atoms with van der Waals surface area (Å²) >= 11 is 0. The van der Waals surface area contributed by atoms with E-state index in [0.29, 0.717) is 22.4 Å². The van der Waals surface area contributed by atoms with E-state index in [1.54, 1.807) is 24.3 Å². The number of carbonyl (C=O) groups excluding carboxylic acids is 3. The van der Waals surface area contributed by atoms with Crippen molar-refractivity contribution >= 4 is 34.1 Å². The summed E-state index contributed by atoms with van der Waals surface area (Å²) in [5, 5.41) is 1.87. The van der Waals surface area contributed by atoms with Crippen molar-refractivity contribution in [3.63, 3.8) is 0 Å². The van der Waals surface area contributed by atoms with Crippen molar-refractivity contribution in [3.8, 4) is 0 Å². The Labute approximate surface area is 150 Å². The van der Waals surface area contributed by atoms with Gasteiger partial charge in [0.1, 0.15) is 0 Å². The van der Waals surface area contributed by atoms with Crippen LogP contribution in [0.5, 0.6) is 0 Å². The van der Waals surface area contributed by atoms with Gasteiger partial charge in [0, 0.05) is 22.1 Å². The molecular weight excluding hydrogens is 326 g/mol. The Morgan fingerprint density at radius 2 is 1.31 bits per heavy atom. The van der Waals surface area contributed by atoms with Crippen molar-refractivity contribution in [2.75, 3.05) is 4.90 Å². The van der Waals surface area contributed by atoms with Crippen molar-refractivity contribution < 1.29 is 14.4 Å². The Balaban J connectivity index is 1.71. The second-order valence-electron chi connectivity index (χ2n) is 6.84. The molecule has 0 unspecified atom stereocenters. The van der Waals surface area contributed by atoms with Gasteiger partial charge in [-0.15, -0.1) is 0 Å². The first-order valence-electron chi connectivity index (χ1n) is 8.63. The Kier molecular flexibility index (Phi) is 2.95. The zero-order chi connectivity index (χ0) is 18.0. The van der Waals surface area contributed by atoms with E-state index in [9.17, 15) is 14.4 Å². The van der Waals surface area contributed by atoms with Crippen molar-refractivity contribution in [1.29, 1.82) is 0 Å². The normalized spacial score (nSPS) is 15.0. The van der Waals surface area contributed by atoms with E-state index in [1.165, 1.54) is 23.0 Å². The molecule has 4 nitrogen and oxygen atoms in total. The molecule has 26 heavy (non-hydrogen) atoms. The highest BCUT2D eigenvalue weighted by molar-refractivity contribution is 6.36. The maximum absolute atomic E-state index is 13.1. The summed E-state index contributed by atoms with van der Waals surface area (Å²) in [5.74, 6) is -0.677. The van der Waals surface area contributed by atoms with Crippen molar-refractivity contribution in [2.45, 2.75) is 19.8 Å². The summed E-state index contributed by atoms with van der Waals surface area (Å²) in [6.07, 6.45) is 1.91. The zero-order valence-electron chi connectivity index (χ0n) is 14.2. The number of carbonyl (C=O) groups is 3. The van der Waals surface area contributed by atoms with Crippen LogP contribution >= 0.6 is 0 Å². The van der Waals surface area contributed by atoms with Crippen LogP contribution in [0.1, 0.15) is 49.1 Å². The SMILES string of the molecule is CC(=O)c1ccc(N2C(=O)c3ccc4c5c(ccc(c35)C2=O)CC4)cc1. The molecule has 4 heteroatoms. The van der Waals surface area contributed by atoms with Gasteiger partial charge in [0.2, 0.25) is 0 Å². The maximum atomic E-state index is 13.1. The van der Waals surface area contributed by atoms with Gasteiger partial charge >= 0.3 is 0 Å². The molecule has 126 valence electrons. The molecule has 5 rings (SSSR count). The first-order valence-corrected chi connectivity index (χ1v) is 8.63. The van der Waals surface area contributed by atoms with Gasteiger partial charge in [0.15, 0.2) is 5.78 Å². The van der Waals surface area contributed by atoms with Gasteiger partial charge in [0.25, 0.3) is 11.8 Å². The molecule has 1 aliphatic carbocycles. The fraction of sp³-hybridized carbons (Fsp3) is 0.136. The van der Waals surface area contributed by atoms with Gasteiger partial charge in [-0.3, -0.25) is 14.4 Å². The van der Waals surface area contributed by atoms with Crippen LogP contribution in [0, 0.1) is 0 Å². The molecule has 1 heterocycles. The minimum absolute atomic E-state index is 0.0542. The number of Topliss-reactive ketones (excluding diaryl/α,β-unsaturated/α-hetero) is 1. The molecule has 0 saturated carbocycles. The lowest BCUT2D eigenvalue weighted by molar-refractivity contribution is 0.0893. The predicted molar refractivity (Wildman–Crippen MR) is 98.9 cm³/mol. The van der Waals surface area contributed by atoms with Gasteiger partial charge in [-0.05, 0) is 72.7 Å². The lowest BCUT2D eigenvalue weighted by Crippen LogP contribution is -2.40. The number of hydrogen-bond donors (Lipinski definition) is 0. The second kappa shape index (κ2) is 5.11. The minimum Gasteiger partial charge on any atom is -0.295 e. The number of amides is 2. The summed E-state index contributed by atoms with van der Waals surface area (Å²) in [5.41, 5.74) is 4.58. The molecule has 3 aromatic rings. The third-order valence-electron chi connectivity index (χ3n) is 5.40. The van der Waals surface area contributed by atoms with E-state index in [0.717, 1.165) is 23.6 Å². The maximum Gasteiger partial charge on any atom is 0.265 e. The van der Waals surface area contributed by atoms with Crippen LogP contribution in [0.25, 0.3) is 10.8 Å². The molecule has 0 fully saturated rings. The number of benzene rings is 3. The molecule has 2 aliphatic rings. The lowest BCUT2D eigenvalue weighted by Gasteiger charge is -2.27. The van der Waals surface area contributed by atoms with Gasteiger partial charge in [-0.1, -0.05) is 12.1 Å². The minimum atomic E-state index is -0.311. The van der Waals surface area contributed by atoms with Crippen LogP contribution in [0.2, 0.25) is 0 Å². The molecule has 0 N–H and O–H groups in total. The molecular formula is C22H15NO3. The number of rotatable bonds is 2. The number of imide groups is 1. The quantitative estimate of drug-likeness (QED) is 0.524. The molecule has 0 saturated heterocycles. The fourth-order valence-electron chi connectivity index (χ4n) is 4.10. The molecule has 0 radical (unpaired) electrons. The van der Waals surface area contributed by atoms with Crippen molar-refractivity contribution in [1.82, 2.24) is 0 Å². The van der Waals surface area contributed by atoms with Crippen LogP contribution < -0.4 is 4.90 Å². The largest absolute Gasteiger partial charge is 0.295 e. The number of anilines is 1. The number of hydrogen-bond acceptors (Lipinski definition) is 3. The van der Waals surface area contributed by atoms with Gasteiger partial charge in [-0.2, -0.15) is 0 Å². The van der Waals surface area contributed by atoms with Crippen molar-refractivity contribution in [3.05, 3.63) is 76.3 Å². The first kappa shape index (κ1) is 15.0. The monoisotopic (exact) mass is 341 g/mol. The summed E-state index contributed by atoms with van der Waals surface area (Å²) in [7, 11) is 0. The summed E-state index contributed by atoms with van der Waals surface area (Å²) < 4.78 is 0. The standard InChI is InChI=1S/C22H15NO3/c1-12(24)13-4-8-16(9-5-13)23-21(25)17-10-6-14-2-3-15-7-11-18(22(23)26)20(17)19(14)15/h4-11H,2-3H2,1H3. The van der Waals surface area contributed by atoms with Crippen LogP contribution in [0.4, 0.5) is 5.69 Å². The highest BCUT2D eigenvalue weighted by atomic mass is 16.2. The number of ketones is 1. The fourth-order valence-corrected chi connectivity index (χ4v) is 4.10. The summed E-state index contributed by atoms with van der Waals surface area (Å²) in [6.45, 7) is 1.49. The Hall–Kier alpha value is -3.27. The van der Waals surface area contributed by atoms with E-state index < -0.39 is 0 Å². The Morgan fingerprint density at radius 1 is 0.769 bits per heavy atom. The molecule has 2 amide bonds. The average Bonchev–Trinajstić information content (AvgIpc) is 3.07. The molecule has 0 aromatic heterocycles. The topological polar surface area (TPSA) is 54.5 Å². The molecule has 0 spiro atoms. The third kappa shape index (κ3) is 1.87. The number of aryl methyl sites for hydroxylation is 2. The van der Waals surface area contributed by atoms with E-state index in [4.69, 9.17) is 0 Å². The summed E-state index contributed by atoms with van der Waals surface area (Å²) in [4.78, 5) is 38.9. The molecule has 1 aliphatic heterocycles.